The van der Waals surface area contributed by atoms with E-state index in [0.717, 1.165) is 0 Å². The maximum atomic E-state index is 14.1. The molecule has 0 saturated carbocycles. The molecule has 1 aromatic carbocycles. The van der Waals surface area contributed by atoms with Gasteiger partial charge in [0.15, 0.2) is 11.6 Å². The summed E-state index contributed by atoms with van der Waals surface area (Å²) < 4.78 is 27.6. The molecule has 0 amide bonds. The molecule has 2 aromatic heterocycles. The van der Waals surface area contributed by atoms with E-state index in [0.29, 0.717) is 10.4 Å². The highest BCUT2D eigenvalue weighted by Crippen LogP contribution is 2.29. The van der Waals surface area contributed by atoms with Crippen LogP contribution >= 0.6 is 11.6 Å². The first-order valence-electron chi connectivity index (χ1n) is 5.12. The van der Waals surface area contributed by atoms with Gasteiger partial charge in [0.05, 0.1) is 5.56 Å². The van der Waals surface area contributed by atoms with Crippen LogP contribution in [0, 0.1) is 5.82 Å². The van der Waals surface area contributed by atoms with E-state index in [4.69, 9.17) is 11.6 Å². The van der Waals surface area contributed by atoms with Crippen molar-refractivity contribution >= 4 is 22.6 Å². The minimum Gasteiger partial charge on any atom is -0.244 e. The third kappa shape index (κ3) is 1.55. The number of para-hydroxylation sites is 1. The smallest absolute Gasteiger partial charge is 0.174 e. The lowest BCUT2D eigenvalue weighted by Crippen LogP contribution is -1.90. The van der Waals surface area contributed by atoms with Gasteiger partial charge in [-0.15, -0.1) is 0 Å². The van der Waals surface area contributed by atoms with Crippen LogP contribution in [-0.4, -0.2) is 14.8 Å². The Morgan fingerprint density at radius 1 is 1.17 bits per heavy atom. The zero-order chi connectivity index (χ0) is 12.7. The van der Waals surface area contributed by atoms with E-state index >= 15 is 0 Å². The molecule has 0 radical (unpaired) electrons. The SMILES string of the molecule is Fc1cccc2c1nc(-c1cccnc1Cl)n2F. The van der Waals surface area contributed by atoms with Crippen molar-refractivity contribution in [2.45, 2.75) is 0 Å². The highest BCUT2D eigenvalue weighted by molar-refractivity contribution is 6.32. The van der Waals surface area contributed by atoms with Crippen molar-refractivity contribution in [2.75, 3.05) is 0 Å². The van der Waals surface area contributed by atoms with Crippen molar-refractivity contribution in [1.29, 1.82) is 0 Å². The molecule has 6 heteroatoms. The average molecular weight is 266 g/mol. The standard InChI is InChI=1S/C12H6ClF2N3/c13-11-7(3-2-6-16-11)12-17-10-8(14)4-1-5-9(10)18(12)15/h1-6H. The Labute approximate surface area is 106 Å². The van der Waals surface area contributed by atoms with E-state index in [-0.39, 0.29) is 22.0 Å². The second kappa shape index (κ2) is 4.03. The number of fused-ring (bicyclic) bond motifs is 1. The molecule has 0 spiro atoms. The third-order valence-electron chi connectivity index (χ3n) is 2.58. The third-order valence-corrected chi connectivity index (χ3v) is 2.88. The molecule has 0 aliphatic heterocycles. The monoisotopic (exact) mass is 265 g/mol. The Balaban J connectivity index is 2.35. The Kier molecular flexibility index (Phi) is 2.48. The summed E-state index contributed by atoms with van der Waals surface area (Å²) in [6.45, 7) is 0. The number of benzene rings is 1. The topological polar surface area (TPSA) is 30.7 Å². The maximum Gasteiger partial charge on any atom is 0.174 e. The van der Waals surface area contributed by atoms with Gasteiger partial charge in [0, 0.05) is 6.20 Å². The van der Waals surface area contributed by atoms with E-state index in [9.17, 15) is 8.87 Å². The van der Waals surface area contributed by atoms with Crippen molar-refractivity contribution in [3.8, 4) is 11.4 Å². The van der Waals surface area contributed by atoms with Crippen LogP contribution in [0.4, 0.5) is 8.87 Å². The van der Waals surface area contributed by atoms with Crippen LogP contribution in [0.25, 0.3) is 22.4 Å². The highest BCUT2D eigenvalue weighted by atomic mass is 35.5. The normalized spacial score (nSPS) is 11.1. The molecule has 0 fully saturated rings. The van der Waals surface area contributed by atoms with Crippen LogP contribution in [0.5, 0.6) is 0 Å². The Hall–Kier alpha value is -2.01. The first-order chi connectivity index (χ1) is 8.68. The molecule has 0 atom stereocenters. The number of pyridine rings is 1. The van der Waals surface area contributed by atoms with Crippen LogP contribution in [0.15, 0.2) is 36.5 Å². The van der Waals surface area contributed by atoms with Gasteiger partial charge in [-0.2, -0.15) is 4.79 Å². The van der Waals surface area contributed by atoms with Crippen molar-refractivity contribution in [3.63, 3.8) is 0 Å². The summed E-state index contributed by atoms with van der Waals surface area (Å²) in [4.78, 5) is 8.08. The summed E-state index contributed by atoms with van der Waals surface area (Å²) in [5.41, 5.74) is 0.345. The molecule has 2 heterocycles. The van der Waals surface area contributed by atoms with E-state index in [1.165, 1.54) is 24.4 Å². The number of hydrogen-bond donors (Lipinski definition) is 0. The van der Waals surface area contributed by atoms with Crippen molar-refractivity contribution in [1.82, 2.24) is 14.8 Å². The van der Waals surface area contributed by atoms with Gasteiger partial charge in [-0.1, -0.05) is 22.1 Å². The molecule has 3 nitrogen and oxygen atoms in total. The van der Waals surface area contributed by atoms with Gasteiger partial charge < -0.3 is 0 Å². The van der Waals surface area contributed by atoms with E-state index in [2.05, 4.69) is 9.97 Å². The van der Waals surface area contributed by atoms with Crippen LogP contribution in [0.1, 0.15) is 0 Å². The van der Waals surface area contributed by atoms with Gasteiger partial charge in [-0.3, -0.25) is 0 Å². The van der Waals surface area contributed by atoms with E-state index < -0.39 is 5.82 Å². The fraction of sp³-hybridized carbons (Fsp3) is 0. The predicted molar refractivity (Wildman–Crippen MR) is 64.4 cm³/mol. The first kappa shape index (κ1) is 11.1. The van der Waals surface area contributed by atoms with E-state index in [1.807, 2.05) is 0 Å². The average Bonchev–Trinajstić information content (AvgIpc) is 2.70. The summed E-state index contributed by atoms with van der Waals surface area (Å²) in [6, 6.07) is 7.27. The molecule has 90 valence electrons. The number of imidazole rings is 1. The molecule has 18 heavy (non-hydrogen) atoms. The second-order valence-electron chi connectivity index (χ2n) is 3.67. The molecule has 0 unspecified atom stereocenters. The molecule has 3 aromatic rings. The van der Waals surface area contributed by atoms with Crippen LogP contribution in [0.3, 0.4) is 0 Å². The zero-order valence-corrected chi connectivity index (χ0v) is 9.70. The van der Waals surface area contributed by atoms with Gasteiger partial charge in [-0.25, -0.2) is 14.4 Å². The number of nitrogens with zero attached hydrogens (tertiary/aromatic N) is 3. The quantitative estimate of drug-likeness (QED) is 0.629. The Morgan fingerprint density at radius 2 is 2.00 bits per heavy atom. The van der Waals surface area contributed by atoms with Crippen molar-refractivity contribution in [2.24, 2.45) is 0 Å². The minimum absolute atomic E-state index is 0.0325. The molecule has 0 saturated heterocycles. The summed E-state index contributed by atoms with van der Waals surface area (Å²) in [5.74, 6) is -0.640. The fourth-order valence-electron chi connectivity index (χ4n) is 1.76. The fourth-order valence-corrected chi connectivity index (χ4v) is 1.96. The zero-order valence-electron chi connectivity index (χ0n) is 8.94. The number of rotatable bonds is 1. The summed E-state index contributed by atoms with van der Waals surface area (Å²) in [7, 11) is 0. The summed E-state index contributed by atoms with van der Waals surface area (Å²) >= 11 is 5.87. The number of aromatic nitrogens is 3. The van der Waals surface area contributed by atoms with E-state index in [1.54, 1.807) is 12.1 Å². The lowest BCUT2D eigenvalue weighted by Gasteiger charge is -2.00. The molecule has 0 aliphatic rings. The van der Waals surface area contributed by atoms with Gasteiger partial charge in [0.1, 0.15) is 16.2 Å². The van der Waals surface area contributed by atoms with Crippen LogP contribution in [-0.2, 0) is 0 Å². The van der Waals surface area contributed by atoms with Crippen LogP contribution < -0.4 is 0 Å². The molecule has 0 bridgehead atoms. The number of hydrogen-bond acceptors (Lipinski definition) is 2. The second-order valence-corrected chi connectivity index (χ2v) is 4.02. The largest absolute Gasteiger partial charge is 0.244 e. The molecular weight excluding hydrogens is 260 g/mol. The first-order valence-corrected chi connectivity index (χ1v) is 5.50. The van der Waals surface area contributed by atoms with Gasteiger partial charge in [-0.05, 0) is 24.3 Å². The minimum atomic E-state index is -0.579. The molecule has 3 rings (SSSR count). The molecule has 0 N–H and O–H groups in total. The Morgan fingerprint density at radius 3 is 2.72 bits per heavy atom. The van der Waals surface area contributed by atoms with Gasteiger partial charge >= 0.3 is 0 Å². The molecular formula is C12H6ClF2N3. The number of halogens is 3. The lowest BCUT2D eigenvalue weighted by molar-refractivity contribution is 0.391. The predicted octanol–water partition coefficient (Wildman–Crippen LogP) is 3.62. The molecule has 0 aliphatic carbocycles. The Bertz CT molecular complexity index is 739. The summed E-state index contributed by atoms with van der Waals surface area (Å²) in [6.07, 6.45) is 1.48. The summed E-state index contributed by atoms with van der Waals surface area (Å²) in [5, 5.41) is 0.118. The van der Waals surface area contributed by atoms with Crippen molar-refractivity contribution < 1.29 is 8.87 Å². The highest BCUT2D eigenvalue weighted by Gasteiger charge is 2.17. The maximum absolute atomic E-state index is 14.1. The van der Waals surface area contributed by atoms with Crippen LogP contribution in [0.2, 0.25) is 5.15 Å². The van der Waals surface area contributed by atoms with Gasteiger partial charge in [0.2, 0.25) is 0 Å². The van der Waals surface area contributed by atoms with Gasteiger partial charge in [0.25, 0.3) is 0 Å². The van der Waals surface area contributed by atoms with Crippen molar-refractivity contribution in [3.05, 3.63) is 47.5 Å². The lowest BCUT2D eigenvalue weighted by atomic mass is 10.3.